The molecule has 0 radical (unpaired) electrons. The van der Waals surface area contributed by atoms with Crippen LogP contribution in [0.3, 0.4) is 0 Å². The molecule has 3 aromatic rings. The first-order chi connectivity index (χ1) is 12.2. The molecule has 4 rings (SSSR count). The van der Waals surface area contributed by atoms with E-state index < -0.39 is 0 Å². The van der Waals surface area contributed by atoms with Gasteiger partial charge in [-0.05, 0) is 37.5 Å². The minimum atomic E-state index is -0.0884. The van der Waals surface area contributed by atoms with E-state index >= 15 is 0 Å². The molecule has 0 saturated heterocycles. The van der Waals surface area contributed by atoms with E-state index in [1.807, 2.05) is 55.5 Å². The number of aryl methyl sites for hydroxylation is 3. The van der Waals surface area contributed by atoms with E-state index in [-0.39, 0.29) is 5.91 Å². The van der Waals surface area contributed by atoms with Crippen LogP contribution in [-0.4, -0.2) is 15.5 Å². The largest absolute Gasteiger partial charge is 0.334 e. The summed E-state index contributed by atoms with van der Waals surface area (Å²) >= 11 is 0. The first-order valence-electron chi connectivity index (χ1n) is 8.75. The fraction of sp³-hybridized carbons (Fsp3) is 0.238. The van der Waals surface area contributed by atoms with Crippen LogP contribution >= 0.6 is 0 Å². The Balaban J connectivity index is 1.67. The molecule has 0 spiro atoms. The van der Waals surface area contributed by atoms with Crippen molar-refractivity contribution >= 4 is 11.6 Å². The molecule has 1 aromatic heterocycles. The summed E-state index contributed by atoms with van der Waals surface area (Å²) in [6.07, 6.45) is 5.53. The number of fused-ring (bicyclic) bond motifs is 1. The van der Waals surface area contributed by atoms with Gasteiger partial charge in [-0.25, -0.2) is 4.98 Å². The van der Waals surface area contributed by atoms with Gasteiger partial charge in [0, 0.05) is 30.3 Å². The number of nitrogens with zero attached hydrogens (tertiary/aromatic N) is 2. The number of rotatable bonds is 3. The van der Waals surface area contributed by atoms with Gasteiger partial charge in [0.25, 0.3) is 5.91 Å². The SMILES string of the molecule is Cc1ccccc1C(=O)Nc1ccccc1-c1cn2c(n1)CCCC2. The lowest BCUT2D eigenvalue weighted by Gasteiger charge is -2.11. The second kappa shape index (κ2) is 6.55. The summed E-state index contributed by atoms with van der Waals surface area (Å²) in [7, 11) is 0. The summed E-state index contributed by atoms with van der Waals surface area (Å²) < 4.78 is 2.23. The minimum absolute atomic E-state index is 0.0884. The van der Waals surface area contributed by atoms with Gasteiger partial charge in [0.1, 0.15) is 5.82 Å². The molecule has 4 heteroatoms. The fourth-order valence-corrected chi connectivity index (χ4v) is 3.38. The van der Waals surface area contributed by atoms with E-state index in [1.54, 1.807) is 0 Å². The lowest BCUT2D eigenvalue weighted by molar-refractivity contribution is 0.102. The topological polar surface area (TPSA) is 46.9 Å². The number of hydrogen-bond donors (Lipinski definition) is 1. The van der Waals surface area contributed by atoms with E-state index in [4.69, 9.17) is 4.98 Å². The highest BCUT2D eigenvalue weighted by molar-refractivity contribution is 6.07. The maximum Gasteiger partial charge on any atom is 0.255 e. The third-order valence-electron chi connectivity index (χ3n) is 4.75. The highest BCUT2D eigenvalue weighted by Gasteiger charge is 2.16. The van der Waals surface area contributed by atoms with Gasteiger partial charge in [0.2, 0.25) is 0 Å². The number of imidazole rings is 1. The third-order valence-corrected chi connectivity index (χ3v) is 4.75. The Labute approximate surface area is 147 Å². The summed E-state index contributed by atoms with van der Waals surface area (Å²) in [6.45, 7) is 2.98. The van der Waals surface area contributed by atoms with Gasteiger partial charge in [0.05, 0.1) is 11.4 Å². The molecule has 0 unspecified atom stereocenters. The first-order valence-corrected chi connectivity index (χ1v) is 8.75. The number of aromatic nitrogens is 2. The zero-order valence-electron chi connectivity index (χ0n) is 14.3. The molecule has 0 saturated carbocycles. The van der Waals surface area contributed by atoms with Crippen molar-refractivity contribution in [3.8, 4) is 11.3 Å². The Morgan fingerprint density at radius 3 is 2.72 bits per heavy atom. The Bertz CT molecular complexity index is 903. The van der Waals surface area contributed by atoms with Crippen molar-refractivity contribution in [2.45, 2.75) is 32.7 Å². The van der Waals surface area contributed by atoms with Crippen LogP contribution in [0.25, 0.3) is 11.3 Å². The van der Waals surface area contributed by atoms with E-state index in [1.165, 1.54) is 12.8 Å². The van der Waals surface area contributed by atoms with Crippen LogP contribution in [0.5, 0.6) is 0 Å². The molecule has 25 heavy (non-hydrogen) atoms. The zero-order valence-corrected chi connectivity index (χ0v) is 14.3. The molecule has 0 fully saturated rings. The number of nitrogens with one attached hydrogen (secondary N) is 1. The molecular weight excluding hydrogens is 310 g/mol. The number of benzene rings is 2. The van der Waals surface area contributed by atoms with E-state index in [9.17, 15) is 4.79 Å². The summed E-state index contributed by atoms with van der Waals surface area (Å²) in [5.41, 5.74) is 4.35. The zero-order chi connectivity index (χ0) is 17.2. The van der Waals surface area contributed by atoms with Gasteiger partial charge in [-0.3, -0.25) is 4.79 Å². The maximum atomic E-state index is 12.7. The first kappa shape index (κ1) is 15.6. The lowest BCUT2D eigenvalue weighted by Crippen LogP contribution is -2.13. The second-order valence-electron chi connectivity index (χ2n) is 6.51. The summed E-state index contributed by atoms with van der Waals surface area (Å²) in [6, 6.07) is 15.5. The smallest absolute Gasteiger partial charge is 0.255 e. The highest BCUT2D eigenvalue weighted by Crippen LogP contribution is 2.29. The molecule has 1 N–H and O–H groups in total. The number of hydrogen-bond acceptors (Lipinski definition) is 2. The third kappa shape index (κ3) is 3.07. The van der Waals surface area contributed by atoms with Gasteiger partial charge in [0.15, 0.2) is 0 Å². The molecule has 0 atom stereocenters. The van der Waals surface area contributed by atoms with Crippen molar-refractivity contribution in [3.05, 3.63) is 71.7 Å². The standard InChI is InChI=1S/C21H21N3O/c1-15-8-2-3-9-16(15)21(25)23-18-11-5-4-10-17(18)19-14-24-13-7-6-12-20(24)22-19/h2-5,8-11,14H,6-7,12-13H2,1H3,(H,23,25). The normalized spacial score (nSPS) is 13.3. The molecule has 1 amide bonds. The minimum Gasteiger partial charge on any atom is -0.334 e. The van der Waals surface area contributed by atoms with Crippen LogP contribution in [0.4, 0.5) is 5.69 Å². The quantitative estimate of drug-likeness (QED) is 0.771. The maximum absolute atomic E-state index is 12.7. The fourth-order valence-electron chi connectivity index (χ4n) is 3.38. The van der Waals surface area contributed by atoms with Crippen molar-refractivity contribution in [2.75, 3.05) is 5.32 Å². The van der Waals surface area contributed by atoms with Crippen molar-refractivity contribution in [1.82, 2.24) is 9.55 Å². The van der Waals surface area contributed by atoms with Gasteiger partial charge in [-0.15, -0.1) is 0 Å². The summed E-state index contributed by atoms with van der Waals surface area (Å²) in [5, 5.41) is 3.06. The van der Waals surface area contributed by atoms with Crippen LogP contribution in [0.1, 0.15) is 34.6 Å². The molecular formula is C21H21N3O. The second-order valence-corrected chi connectivity index (χ2v) is 6.51. The Kier molecular flexibility index (Phi) is 4.10. The van der Waals surface area contributed by atoms with Gasteiger partial charge in [-0.1, -0.05) is 36.4 Å². The van der Waals surface area contributed by atoms with Gasteiger partial charge in [-0.2, -0.15) is 0 Å². The molecule has 1 aliphatic rings. The Hall–Kier alpha value is -2.88. The van der Waals surface area contributed by atoms with E-state index in [2.05, 4.69) is 16.1 Å². The Morgan fingerprint density at radius 1 is 1.08 bits per heavy atom. The van der Waals surface area contributed by atoms with Crippen LogP contribution in [0.15, 0.2) is 54.7 Å². The predicted octanol–water partition coefficient (Wildman–Crippen LogP) is 4.45. The van der Waals surface area contributed by atoms with Gasteiger partial charge >= 0.3 is 0 Å². The van der Waals surface area contributed by atoms with Crippen LogP contribution < -0.4 is 5.32 Å². The summed E-state index contributed by atoms with van der Waals surface area (Å²) in [4.78, 5) is 17.5. The molecule has 2 aromatic carbocycles. The van der Waals surface area contributed by atoms with E-state index in [0.717, 1.165) is 41.3 Å². The van der Waals surface area contributed by atoms with Crippen molar-refractivity contribution < 1.29 is 4.79 Å². The highest BCUT2D eigenvalue weighted by atomic mass is 16.1. The molecule has 1 aliphatic heterocycles. The van der Waals surface area contributed by atoms with Crippen molar-refractivity contribution in [1.29, 1.82) is 0 Å². The van der Waals surface area contributed by atoms with Crippen LogP contribution in [0.2, 0.25) is 0 Å². The van der Waals surface area contributed by atoms with Crippen molar-refractivity contribution in [3.63, 3.8) is 0 Å². The predicted molar refractivity (Wildman–Crippen MR) is 99.7 cm³/mol. The number of carbonyl (C=O) groups excluding carboxylic acids is 1. The number of anilines is 1. The average Bonchev–Trinajstić information content (AvgIpc) is 3.06. The number of carbonyl (C=O) groups is 1. The van der Waals surface area contributed by atoms with Crippen molar-refractivity contribution in [2.24, 2.45) is 0 Å². The molecule has 0 aliphatic carbocycles. The number of para-hydroxylation sites is 1. The lowest BCUT2D eigenvalue weighted by atomic mass is 10.1. The molecule has 0 bridgehead atoms. The molecule has 4 nitrogen and oxygen atoms in total. The Morgan fingerprint density at radius 2 is 1.88 bits per heavy atom. The summed E-state index contributed by atoms with van der Waals surface area (Å²) in [5.74, 6) is 1.05. The molecule has 126 valence electrons. The van der Waals surface area contributed by atoms with E-state index in [0.29, 0.717) is 5.56 Å². The number of amides is 1. The molecule has 2 heterocycles. The van der Waals surface area contributed by atoms with Crippen LogP contribution in [-0.2, 0) is 13.0 Å². The monoisotopic (exact) mass is 331 g/mol. The van der Waals surface area contributed by atoms with Crippen LogP contribution in [0, 0.1) is 6.92 Å². The average molecular weight is 331 g/mol. The van der Waals surface area contributed by atoms with Gasteiger partial charge < -0.3 is 9.88 Å².